The summed E-state index contributed by atoms with van der Waals surface area (Å²) >= 11 is 6.29. The first-order chi connectivity index (χ1) is 28.1. The summed E-state index contributed by atoms with van der Waals surface area (Å²) in [7, 11) is -3.87. The molecule has 4 fully saturated rings. The maximum atomic E-state index is 15.4. The number of hydrogen-bond donors (Lipinski definition) is 1. The Morgan fingerprint density at radius 3 is 2.07 bits per heavy atom. The number of halogens is 1. The highest BCUT2D eigenvalue weighted by atomic mass is 35.5. The largest absolute Gasteiger partial charge is 0.465 e. The summed E-state index contributed by atoms with van der Waals surface area (Å²) in [6.45, 7) is 21.8. The van der Waals surface area contributed by atoms with E-state index in [0.717, 1.165) is 32.1 Å². The van der Waals surface area contributed by atoms with Gasteiger partial charge in [-0.15, -0.1) is 0 Å². The number of nitrogens with one attached hydrogen (secondary N) is 1. The fourth-order valence-electron chi connectivity index (χ4n) is 13.7. The number of carbonyl (C=O) groups excluding carboxylic acids is 4. The van der Waals surface area contributed by atoms with Gasteiger partial charge in [-0.3, -0.25) is 23.7 Å². The second kappa shape index (κ2) is 17.1. The topological polar surface area (TPSA) is 144 Å². The highest BCUT2D eigenvalue weighted by Gasteiger charge is 2.72. The Balaban J connectivity index is 1.43. The lowest BCUT2D eigenvalue weighted by atomic mass is 9.33. The van der Waals surface area contributed by atoms with Crippen molar-refractivity contribution < 1.29 is 47.0 Å². The van der Waals surface area contributed by atoms with Gasteiger partial charge in [0, 0.05) is 31.2 Å². The van der Waals surface area contributed by atoms with Crippen molar-refractivity contribution in [1.82, 2.24) is 5.32 Å². The summed E-state index contributed by atoms with van der Waals surface area (Å²) in [4.78, 5) is 53.1. The molecule has 11 nitrogen and oxygen atoms in total. The van der Waals surface area contributed by atoms with Gasteiger partial charge in [-0.05, 0) is 129 Å². The van der Waals surface area contributed by atoms with Gasteiger partial charge in [0.25, 0.3) is 0 Å². The molecule has 0 spiro atoms. The normalized spacial score (nSPS) is 39.0. The van der Waals surface area contributed by atoms with E-state index in [1.165, 1.54) is 26.3 Å². The van der Waals surface area contributed by atoms with Crippen LogP contribution < -0.4 is 5.32 Å². The molecule has 1 aromatic rings. The minimum Gasteiger partial charge on any atom is -0.465 e. The summed E-state index contributed by atoms with van der Waals surface area (Å²) in [5.74, 6) is -1.85. The molecule has 1 amide bonds. The molecule has 13 atom stereocenters. The molecule has 1 aromatic carbocycles. The SMILES string of the molecule is CCOP(=O)(OCC)C(NC(=O)[C@]12CC[C@@H](C)[C@H](C)[C@H]1C1=CC[C@@H]3[C@@]4(C)C[C@@H](OC(C)=O)[C@H](OC(C)=O)[C@@](C)(COC(C)=O)[C@@H]4CC[C@@]3(C)[C@]1(C)CC2)c1ccc(Cl)cc1. The molecule has 0 heterocycles. The molecule has 5 aliphatic rings. The van der Waals surface area contributed by atoms with E-state index in [1.54, 1.807) is 38.1 Å². The lowest BCUT2D eigenvalue weighted by Crippen LogP contribution is -2.69. The minimum atomic E-state index is -3.87. The average Bonchev–Trinajstić information content (AvgIpc) is 3.16. The molecule has 13 heteroatoms. The van der Waals surface area contributed by atoms with Gasteiger partial charge < -0.3 is 28.6 Å². The number of amides is 1. The van der Waals surface area contributed by atoms with E-state index >= 15 is 4.79 Å². The predicted octanol–water partition coefficient (Wildman–Crippen LogP) is 10.4. The molecule has 5 aliphatic carbocycles. The van der Waals surface area contributed by atoms with Crippen LogP contribution in [0.3, 0.4) is 0 Å². The Morgan fingerprint density at radius 1 is 0.850 bits per heavy atom. The Kier molecular flexibility index (Phi) is 13.3. The van der Waals surface area contributed by atoms with Gasteiger partial charge in [0.05, 0.1) is 18.6 Å². The average molecular weight is 874 g/mol. The highest BCUT2D eigenvalue weighted by molar-refractivity contribution is 7.54. The van der Waals surface area contributed by atoms with Gasteiger partial charge in [0.1, 0.15) is 18.8 Å². The highest BCUT2D eigenvalue weighted by Crippen LogP contribution is 2.76. The second-order valence-electron chi connectivity index (χ2n) is 19.8. The van der Waals surface area contributed by atoms with Gasteiger partial charge in [-0.2, -0.15) is 0 Å². The molecule has 1 unspecified atom stereocenters. The summed E-state index contributed by atoms with van der Waals surface area (Å²) in [5.41, 5.74) is -0.509. The summed E-state index contributed by atoms with van der Waals surface area (Å²) in [6, 6.07) is 7.01. The van der Waals surface area contributed by atoms with Crippen molar-refractivity contribution in [1.29, 1.82) is 0 Å². The van der Waals surface area contributed by atoms with E-state index in [-0.39, 0.29) is 60.2 Å². The first-order valence-electron chi connectivity index (χ1n) is 22.2. The van der Waals surface area contributed by atoms with Crippen molar-refractivity contribution >= 4 is 43.0 Å². The van der Waals surface area contributed by atoms with Crippen molar-refractivity contribution in [2.75, 3.05) is 19.8 Å². The monoisotopic (exact) mass is 873 g/mol. The third-order valence-corrected chi connectivity index (χ3v) is 19.3. The van der Waals surface area contributed by atoms with Crippen LogP contribution in [0.2, 0.25) is 5.02 Å². The van der Waals surface area contributed by atoms with Crippen LogP contribution in [-0.4, -0.2) is 55.8 Å². The fraction of sp³-hybridized carbons (Fsp3) is 0.745. The number of carbonyl (C=O) groups is 4. The van der Waals surface area contributed by atoms with E-state index < -0.39 is 59.7 Å². The van der Waals surface area contributed by atoms with Gasteiger partial charge in [0.15, 0.2) is 5.78 Å². The van der Waals surface area contributed by atoms with E-state index in [4.69, 9.17) is 34.9 Å². The number of benzene rings is 1. The van der Waals surface area contributed by atoms with Crippen molar-refractivity contribution in [2.45, 2.75) is 146 Å². The Labute approximate surface area is 362 Å². The third kappa shape index (κ3) is 7.72. The third-order valence-electron chi connectivity index (χ3n) is 16.7. The van der Waals surface area contributed by atoms with Crippen LogP contribution in [-0.2, 0) is 47.0 Å². The van der Waals surface area contributed by atoms with Crippen LogP contribution in [0, 0.1) is 56.7 Å². The van der Waals surface area contributed by atoms with Crippen LogP contribution in [0.5, 0.6) is 0 Å². The van der Waals surface area contributed by atoms with Crippen molar-refractivity contribution in [3.8, 4) is 0 Å². The number of allylic oxidation sites excluding steroid dienone is 2. The van der Waals surface area contributed by atoms with E-state index in [0.29, 0.717) is 35.8 Å². The molecule has 334 valence electrons. The number of esters is 3. The number of ether oxygens (including phenoxy) is 3. The zero-order valence-electron chi connectivity index (χ0n) is 37.7. The van der Waals surface area contributed by atoms with Crippen LogP contribution >= 0.6 is 19.2 Å². The van der Waals surface area contributed by atoms with Gasteiger partial charge in [0.2, 0.25) is 5.91 Å². The predicted molar refractivity (Wildman–Crippen MR) is 230 cm³/mol. The molecular weight excluding hydrogens is 805 g/mol. The second-order valence-corrected chi connectivity index (χ2v) is 22.3. The molecule has 0 radical (unpaired) electrons. The smallest absolute Gasteiger partial charge is 0.357 e. The first-order valence-corrected chi connectivity index (χ1v) is 24.2. The summed E-state index contributed by atoms with van der Waals surface area (Å²) < 4.78 is 44.3. The zero-order chi connectivity index (χ0) is 44.2. The number of fused-ring (bicyclic) bond motifs is 7. The number of hydrogen-bond acceptors (Lipinski definition) is 10. The maximum absolute atomic E-state index is 15.4. The minimum absolute atomic E-state index is 0.0182. The van der Waals surface area contributed by atoms with Crippen molar-refractivity contribution in [2.24, 2.45) is 56.7 Å². The van der Waals surface area contributed by atoms with Gasteiger partial charge >= 0.3 is 25.5 Å². The Bertz CT molecular complexity index is 1900. The first kappa shape index (κ1) is 46.8. The fourth-order valence-corrected chi connectivity index (χ4v) is 15.8. The van der Waals surface area contributed by atoms with Crippen molar-refractivity contribution in [3.05, 3.63) is 46.5 Å². The van der Waals surface area contributed by atoms with E-state index in [1.807, 2.05) is 6.92 Å². The molecule has 0 bridgehead atoms. The molecule has 6 rings (SSSR count). The van der Waals surface area contributed by atoms with Crippen LogP contribution in [0.4, 0.5) is 0 Å². The Hall–Kier alpha value is -2.72. The van der Waals surface area contributed by atoms with Gasteiger partial charge in [-0.1, -0.05) is 76.9 Å². The molecule has 1 N–H and O–H groups in total. The number of rotatable bonds is 12. The molecule has 4 saturated carbocycles. The van der Waals surface area contributed by atoms with E-state index in [9.17, 15) is 18.9 Å². The van der Waals surface area contributed by atoms with Crippen LogP contribution in [0.1, 0.15) is 139 Å². The molecule has 60 heavy (non-hydrogen) atoms. The standard InChI is InChI=1S/C47H69ClNO10P/c1-12-56-60(54,57-13-2)41(33-14-16-34(48)17-15-33)49-42(53)47-23-20-28(3)29(4)39(47)35-18-19-38-43(8)26-36(58-31(6)51)40(59-32(7)52)44(9,27-55-30(5)50)37(43)21-22-46(38,11)45(35,10)24-25-47/h14-18,28-29,36-41H,12-13,19-27H2,1-11H3,(H,49,53)/t28-,29+,36-,37-,38-,39+,40+,41?,43+,44+,45-,46-,47+/m1/s1. The molecular formula is C47H69ClNO10P. The van der Waals surface area contributed by atoms with Crippen LogP contribution in [0.15, 0.2) is 35.9 Å². The maximum Gasteiger partial charge on any atom is 0.357 e. The van der Waals surface area contributed by atoms with Gasteiger partial charge in [-0.25, -0.2) is 0 Å². The summed E-state index contributed by atoms with van der Waals surface area (Å²) in [6.07, 6.45) is 6.92. The molecule has 0 aliphatic heterocycles. The summed E-state index contributed by atoms with van der Waals surface area (Å²) in [5, 5.41) is 3.83. The van der Waals surface area contributed by atoms with Crippen molar-refractivity contribution in [3.63, 3.8) is 0 Å². The Morgan fingerprint density at radius 2 is 1.48 bits per heavy atom. The van der Waals surface area contributed by atoms with Crippen LogP contribution in [0.25, 0.3) is 0 Å². The quantitative estimate of drug-likeness (QED) is 0.0933. The lowest BCUT2D eigenvalue weighted by molar-refractivity contribution is -0.255. The zero-order valence-corrected chi connectivity index (χ0v) is 39.3. The lowest BCUT2D eigenvalue weighted by Gasteiger charge is -2.72. The van der Waals surface area contributed by atoms with E-state index in [2.05, 4.69) is 46.0 Å². The molecule has 0 saturated heterocycles. The molecule has 0 aromatic heterocycles.